The Labute approximate surface area is 108 Å². The zero-order valence-corrected chi connectivity index (χ0v) is 11.4. The Hall–Kier alpha value is -0.870. The van der Waals surface area contributed by atoms with Gasteiger partial charge in [0.2, 0.25) is 0 Å². The third kappa shape index (κ3) is 1.79. The number of fused-ring (bicyclic) bond motifs is 1. The van der Waals surface area contributed by atoms with Gasteiger partial charge < -0.3 is 15.5 Å². The molecule has 0 bridgehead atoms. The highest BCUT2D eigenvalue weighted by molar-refractivity contribution is 5.24. The fraction of sp³-hybridized carbons (Fsp3) is 0.786. The van der Waals surface area contributed by atoms with Gasteiger partial charge in [-0.15, -0.1) is 0 Å². The van der Waals surface area contributed by atoms with Gasteiger partial charge in [-0.2, -0.15) is 0 Å². The molecule has 0 radical (unpaired) electrons. The zero-order valence-electron chi connectivity index (χ0n) is 11.4. The van der Waals surface area contributed by atoms with Crippen LogP contribution < -0.4 is 5.73 Å². The number of ether oxygens (including phenoxy) is 1. The second kappa shape index (κ2) is 4.35. The first kappa shape index (κ1) is 12.2. The van der Waals surface area contributed by atoms with Crippen LogP contribution in [0.4, 0.5) is 0 Å². The first-order valence-corrected chi connectivity index (χ1v) is 7.07. The fourth-order valence-electron chi connectivity index (χ4n) is 3.47. The lowest BCUT2D eigenvalue weighted by atomic mass is 9.89. The summed E-state index contributed by atoms with van der Waals surface area (Å²) in [6.07, 6.45) is 3.85. The number of nitrogens with two attached hydrogens (primary N) is 1. The van der Waals surface area contributed by atoms with Crippen molar-refractivity contribution < 1.29 is 4.74 Å². The van der Waals surface area contributed by atoms with Crippen molar-refractivity contribution in [2.45, 2.75) is 64.2 Å². The molecule has 0 saturated carbocycles. The van der Waals surface area contributed by atoms with Crippen molar-refractivity contribution in [3.8, 4) is 0 Å². The molecule has 1 aliphatic carbocycles. The molecule has 2 heterocycles. The highest BCUT2D eigenvalue weighted by Crippen LogP contribution is 2.40. The van der Waals surface area contributed by atoms with E-state index in [1.807, 2.05) is 0 Å². The molecular formula is C14H23N3O. The minimum absolute atomic E-state index is 0.115. The third-order valence-electron chi connectivity index (χ3n) is 4.68. The Bertz CT molecular complexity index is 442. The van der Waals surface area contributed by atoms with Gasteiger partial charge in [-0.3, -0.25) is 0 Å². The first-order valence-electron chi connectivity index (χ1n) is 7.07. The monoisotopic (exact) mass is 249 g/mol. The second-order valence-corrected chi connectivity index (χ2v) is 5.92. The molecule has 5 atom stereocenters. The molecular weight excluding hydrogens is 226 g/mol. The molecule has 1 aliphatic heterocycles. The summed E-state index contributed by atoms with van der Waals surface area (Å²) in [6, 6.07) is 0.115. The van der Waals surface area contributed by atoms with E-state index >= 15 is 0 Å². The van der Waals surface area contributed by atoms with Gasteiger partial charge in [0.05, 0.1) is 17.9 Å². The largest absolute Gasteiger partial charge is 0.374 e. The number of aromatic nitrogens is 2. The minimum Gasteiger partial charge on any atom is -0.374 e. The Kier molecular flexibility index (Phi) is 2.94. The molecule has 100 valence electrons. The Morgan fingerprint density at radius 1 is 1.28 bits per heavy atom. The first-order chi connectivity index (χ1) is 8.58. The lowest BCUT2D eigenvalue weighted by molar-refractivity contribution is 0.0553. The highest BCUT2D eigenvalue weighted by Gasteiger charge is 2.40. The minimum atomic E-state index is 0.115. The topological polar surface area (TPSA) is 63.9 Å². The van der Waals surface area contributed by atoms with Gasteiger partial charge in [-0.25, -0.2) is 4.98 Å². The quantitative estimate of drug-likeness (QED) is 0.802. The molecule has 1 fully saturated rings. The van der Waals surface area contributed by atoms with E-state index < -0.39 is 0 Å². The molecule has 18 heavy (non-hydrogen) atoms. The van der Waals surface area contributed by atoms with Crippen LogP contribution in [0, 0.1) is 5.92 Å². The van der Waals surface area contributed by atoms with Gasteiger partial charge in [0.1, 0.15) is 5.82 Å². The molecule has 1 aromatic rings. The maximum absolute atomic E-state index is 6.14. The van der Waals surface area contributed by atoms with Crippen molar-refractivity contribution in [2.75, 3.05) is 0 Å². The lowest BCUT2D eigenvalue weighted by Crippen LogP contribution is -2.18. The number of rotatable bonds is 1. The third-order valence-corrected chi connectivity index (χ3v) is 4.68. The van der Waals surface area contributed by atoms with E-state index in [0.717, 1.165) is 24.4 Å². The van der Waals surface area contributed by atoms with Crippen molar-refractivity contribution >= 4 is 0 Å². The number of nitrogens with zero attached hydrogens (tertiary/aromatic N) is 1. The average molecular weight is 249 g/mol. The Morgan fingerprint density at radius 3 is 2.67 bits per heavy atom. The van der Waals surface area contributed by atoms with E-state index in [4.69, 9.17) is 15.5 Å². The molecule has 4 heteroatoms. The molecule has 2 aliphatic rings. The predicted octanol–water partition coefficient (Wildman–Crippen LogP) is 2.27. The summed E-state index contributed by atoms with van der Waals surface area (Å²) in [5, 5.41) is 0. The fourth-order valence-corrected chi connectivity index (χ4v) is 3.47. The zero-order chi connectivity index (χ0) is 12.9. The van der Waals surface area contributed by atoms with Crippen LogP contribution >= 0.6 is 0 Å². The van der Waals surface area contributed by atoms with Gasteiger partial charge in [0.15, 0.2) is 0 Å². The van der Waals surface area contributed by atoms with Gasteiger partial charge in [0, 0.05) is 17.7 Å². The smallest absolute Gasteiger partial charge is 0.112 e. The summed E-state index contributed by atoms with van der Waals surface area (Å²) in [4.78, 5) is 8.30. The van der Waals surface area contributed by atoms with Gasteiger partial charge in [0.25, 0.3) is 0 Å². The van der Waals surface area contributed by atoms with Crippen LogP contribution in [0.25, 0.3) is 0 Å². The molecule has 3 rings (SSSR count). The van der Waals surface area contributed by atoms with Crippen LogP contribution in [0.15, 0.2) is 0 Å². The van der Waals surface area contributed by atoms with Gasteiger partial charge in [-0.1, -0.05) is 6.92 Å². The second-order valence-electron chi connectivity index (χ2n) is 5.92. The number of hydrogen-bond acceptors (Lipinski definition) is 3. The molecule has 5 unspecified atom stereocenters. The summed E-state index contributed by atoms with van der Waals surface area (Å²) < 4.78 is 5.91. The number of nitrogens with one attached hydrogen (secondary N) is 1. The van der Waals surface area contributed by atoms with Crippen molar-refractivity contribution in [2.24, 2.45) is 11.7 Å². The van der Waals surface area contributed by atoms with Crippen molar-refractivity contribution in [3.05, 3.63) is 17.2 Å². The molecule has 0 spiro atoms. The van der Waals surface area contributed by atoms with Gasteiger partial charge in [-0.05, 0) is 39.0 Å². The van der Waals surface area contributed by atoms with Crippen LogP contribution in [0.2, 0.25) is 0 Å². The molecule has 0 amide bonds. The number of hydrogen-bond donors (Lipinski definition) is 2. The maximum atomic E-state index is 6.14. The SMILES string of the molecule is CC1OC(C)C(c2nc3c([nH]2)CCCC3N)C1C. The summed E-state index contributed by atoms with van der Waals surface area (Å²) in [5.74, 6) is 1.96. The predicted molar refractivity (Wildman–Crippen MR) is 70.4 cm³/mol. The summed E-state index contributed by atoms with van der Waals surface area (Å²) >= 11 is 0. The summed E-state index contributed by atoms with van der Waals surface area (Å²) in [6.45, 7) is 6.54. The summed E-state index contributed by atoms with van der Waals surface area (Å²) in [5.41, 5.74) is 8.49. The van der Waals surface area contributed by atoms with E-state index in [9.17, 15) is 0 Å². The highest BCUT2D eigenvalue weighted by atomic mass is 16.5. The van der Waals surface area contributed by atoms with E-state index in [2.05, 4.69) is 25.8 Å². The number of aryl methyl sites for hydroxylation is 1. The standard InChI is InChI=1S/C14H23N3O/c1-7-8(2)18-9(3)12(7)14-16-11-6-4-5-10(15)13(11)17-14/h7-10,12H,4-6,15H2,1-3H3,(H,16,17). The van der Waals surface area contributed by atoms with Gasteiger partial charge >= 0.3 is 0 Å². The van der Waals surface area contributed by atoms with Crippen molar-refractivity contribution in [1.82, 2.24) is 9.97 Å². The number of H-pyrrole nitrogens is 1. The average Bonchev–Trinajstić information content (AvgIpc) is 2.83. The molecule has 1 saturated heterocycles. The Balaban J connectivity index is 1.93. The number of imidazole rings is 1. The van der Waals surface area contributed by atoms with E-state index in [-0.39, 0.29) is 12.1 Å². The maximum Gasteiger partial charge on any atom is 0.112 e. The van der Waals surface area contributed by atoms with E-state index in [1.54, 1.807) is 0 Å². The van der Waals surface area contributed by atoms with Crippen LogP contribution in [-0.4, -0.2) is 22.2 Å². The van der Waals surface area contributed by atoms with Crippen LogP contribution in [0.3, 0.4) is 0 Å². The van der Waals surface area contributed by atoms with Crippen LogP contribution in [0.5, 0.6) is 0 Å². The number of aromatic amines is 1. The van der Waals surface area contributed by atoms with Crippen molar-refractivity contribution in [3.63, 3.8) is 0 Å². The molecule has 4 nitrogen and oxygen atoms in total. The van der Waals surface area contributed by atoms with E-state index in [0.29, 0.717) is 17.9 Å². The molecule has 1 aromatic heterocycles. The Morgan fingerprint density at radius 2 is 2.06 bits per heavy atom. The van der Waals surface area contributed by atoms with Crippen molar-refractivity contribution in [1.29, 1.82) is 0 Å². The summed E-state index contributed by atoms with van der Waals surface area (Å²) in [7, 11) is 0. The van der Waals surface area contributed by atoms with Crippen LogP contribution in [-0.2, 0) is 11.2 Å². The normalized spacial score (nSPS) is 39.9. The van der Waals surface area contributed by atoms with E-state index in [1.165, 1.54) is 12.1 Å². The van der Waals surface area contributed by atoms with Crippen LogP contribution in [0.1, 0.15) is 62.8 Å². The molecule has 0 aromatic carbocycles. The lowest BCUT2D eigenvalue weighted by Gasteiger charge is -2.16. The molecule has 3 N–H and O–H groups in total.